The number of hydrogen-bond acceptors (Lipinski definition) is 4. The first kappa shape index (κ1) is 13.4. The van der Waals surface area contributed by atoms with Gasteiger partial charge in [-0.3, -0.25) is 0 Å². The molecule has 5 heteroatoms. The lowest BCUT2D eigenvalue weighted by Crippen LogP contribution is -2.28. The van der Waals surface area contributed by atoms with Crippen molar-refractivity contribution in [2.45, 2.75) is 51.2 Å². The fraction of sp³-hybridized carbons (Fsp3) is 0.600. The number of aromatic nitrogens is 1. The molecule has 0 spiro atoms. The minimum absolute atomic E-state index is 0.0921. The second-order valence-corrected chi connectivity index (χ2v) is 5.62. The summed E-state index contributed by atoms with van der Waals surface area (Å²) >= 11 is 0. The van der Waals surface area contributed by atoms with Gasteiger partial charge in [-0.1, -0.05) is 0 Å². The number of carbonyl (C=O) groups is 1. The van der Waals surface area contributed by atoms with Gasteiger partial charge in [0.05, 0.1) is 12.1 Å². The molecule has 0 bridgehead atoms. The van der Waals surface area contributed by atoms with Crippen LogP contribution in [0.4, 0.5) is 5.82 Å². The molecule has 0 saturated carbocycles. The standard InChI is InChI=1S/C15H20N2O3/c1-9-12(6-7-20-9)16-14-11(15(18)19)8-10-4-2-3-5-13(10)17-14/h8-9,12H,2-7H2,1H3,(H,16,17)(H,18,19). The average Bonchev–Trinajstić information content (AvgIpc) is 2.83. The Labute approximate surface area is 118 Å². The molecule has 1 aromatic rings. The summed E-state index contributed by atoms with van der Waals surface area (Å²) in [5, 5.41) is 12.7. The Kier molecular flexibility index (Phi) is 3.61. The molecule has 2 N–H and O–H groups in total. The van der Waals surface area contributed by atoms with Crippen LogP contribution in [0.25, 0.3) is 0 Å². The molecular formula is C15H20N2O3. The molecule has 0 amide bonds. The average molecular weight is 276 g/mol. The van der Waals surface area contributed by atoms with Crippen molar-refractivity contribution in [3.05, 3.63) is 22.9 Å². The second-order valence-electron chi connectivity index (χ2n) is 5.62. The Balaban J connectivity index is 1.93. The highest BCUT2D eigenvalue weighted by Crippen LogP contribution is 2.27. The molecule has 3 rings (SSSR count). The summed E-state index contributed by atoms with van der Waals surface area (Å²) in [6.45, 7) is 2.72. The van der Waals surface area contributed by atoms with Crippen LogP contribution in [-0.4, -0.2) is 34.8 Å². The third-order valence-electron chi connectivity index (χ3n) is 4.23. The molecule has 108 valence electrons. The van der Waals surface area contributed by atoms with Gasteiger partial charge in [0.25, 0.3) is 0 Å². The molecule has 1 aliphatic carbocycles. The topological polar surface area (TPSA) is 71.5 Å². The summed E-state index contributed by atoms with van der Waals surface area (Å²) in [6, 6.07) is 1.94. The Morgan fingerprint density at radius 2 is 2.25 bits per heavy atom. The van der Waals surface area contributed by atoms with E-state index in [0.717, 1.165) is 43.4 Å². The number of aryl methyl sites for hydroxylation is 2. The van der Waals surface area contributed by atoms with Crippen molar-refractivity contribution < 1.29 is 14.6 Å². The molecule has 20 heavy (non-hydrogen) atoms. The predicted molar refractivity (Wildman–Crippen MR) is 75.3 cm³/mol. The first-order valence-corrected chi connectivity index (χ1v) is 7.29. The maximum Gasteiger partial charge on any atom is 0.339 e. The van der Waals surface area contributed by atoms with Gasteiger partial charge in [-0.05, 0) is 50.7 Å². The number of fused-ring (bicyclic) bond motifs is 1. The van der Waals surface area contributed by atoms with Crippen LogP contribution in [0.15, 0.2) is 6.07 Å². The number of aromatic carboxylic acids is 1. The number of hydrogen-bond donors (Lipinski definition) is 2. The van der Waals surface area contributed by atoms with Gasteiger partial charge in [-0.25, -0.2) is 9.78 Å². The van der Waals surface area contributed by atoms with E-state index in [4.69, 9.17) is 4.74 Å². The van der Waals surface area contributed by atoms with Gasteiger partial charge >= 0.3 is 5.97 Å². The zero-order valence-corrected chi connectivity index (χ0v) is 11.7. The Hall–Kier alpha value is -1.62. The van der Waals surface area contributed by atoms with Crippen molar-refractivity contribution in [1.29, 1.82) is 0 Å². The minimum Gasteiger partial charge on any atom is -0.478 e. The molecule has 2 heterocycles. The van der Waals surface area contributed by atoms with Crippen molar-refractivity contribution in [2.24, 2.45) is 0 Å². The van der Waals surface area contributed by atoms with E-state index >= 15 is 0 Å². The monoisotopic (exact) mass is 276 g/mol. The highest BCUT2D eigenvalue weighted by Gasteiger charge is 2.27. The van der Waals surface area contributed by atoms with E-state index in [2.05, 4.69) is 10.3 Å². The lowest BCUT2D eigenvalue weighted by Gasteiger charge is -2.21. The molecule has 2 unspecified atom stereocenters. The van der Waals surface area contributed by atoms with Crippen LogP contribution in [0.2, 0.25) is 0 Å². The highest BCUT2D eigenvalue weighted by atomic mass is 16.5. The number of anilines is 1. The lowest BCUT2D eigenvalue weighted by molar-refractivity contribution is 0.0697. The summed E-state index contributed by atoms with van der Waals surface area (Å²) in [6.07, 6.45) is 5.11. The normalized spacial score (nSPS) is 25.2. The van der Waals surface area contributed by atoms with Crippen LogP contribution in [0, 0.1) is 0 Å². The fourth-order valence-corrected chi connectivity index (χ4v) is 3.00. The molecule has 1 aromatic heterocycles. The number of nitrogens with zero attached hydrogens (tertiary/aromatic N) is 1. The van der Waals surface area contributed by atoms with Crippen LogP contribution in [0.5, 0.6) is 0 Å². The molecule has 2 aliphatic rings. The molecular weight excluding hydrogens is 256 g/mol. The Morgan fingerprint density at radius 3 is 2.95 bits per heavy atom. The summed E-state index contributed by atoms with van der Waals surface area (Å²) in [7, 11) is 0. The number of carboxylic acid groups (broad SMARTS) is 1. The van der Waals surface area contributed by atoms with E-state index in [1.54, 1.807) is 6.07 Å². The van der Waals surface area contributed by atoms with Crippen molar-refractivity contribution in [1.82, 2.24) is 4.98 Å². The SMILES string of the molecule is CC1OCCC1Nc1nc2c(cc1C(=O)O)CCCC2. The molecule has 2 atom stereocenters. The minimum atomic E-state index is -0.917. The number of pyridine rings is 1. The third kappa shape index (κ3) is 2.50. The molecule has 5 nitrogen and oxygen atoms in total. The van der Waals surface area contributed by atoms with Gasteiger partial charge in [0.1, 0.15) is 11.4 Å². The van der Waals surface area contributed by atoms with E-state index in [9.17, 15) is 9.90 Å². The van der Waals surface area contributed by atoms with Crippen molar-refractivity contribution >= 4 is 11.8 Å². The number of carboxylic acids is 1. The van der Waals surface area contributed by atoms with Crippen LogP contribution < -0.4 is 5.32 Å². The van der Waals surface area contributed by atoms with Crippen molar-refractivity contribution in [3.8, 4) is 0 Å². The van der Waals surface area contributed by atoms with E-state index in [-0.39, 0.29) is 17.7 Å². The number of rotatable bonds is 3. The smallest absolute Gasteiger partial charge is 0.339 e. The summed E-state index contributed by atoms with van der Waals surface area (Å²) in [5.41, 5.74) is 2.43. The molecule has 1 fully saturated rings. The van der Waals surface area contributed by atoms with E-state index in [1.807, 2.05) is 6.92 Å². The van der Waals surface area contributed by atoms with E-state index in [0.29, 0.717) is 12.4 Å². The van der Waals surface area contributed by atoms with Gasteiger partial charge in [0, 0.05) is 12.3 Å². The lowest BCUT2D eigenvalue weighted by atomic mass is 9.94. The van der Waals surface area contributed by atoms with Gasteiger partial charge in [-0.15, -0.1) is 0 Å². The van der Waals surface area contributed by atoms with Crippen LogP contribution in [0.1, 0.15) is 47.8 Å². The maximum atomic E-state index is 11.5. The zero-order valence-electron chi connectivity index (χ0n) is 11.7. The van der Waals surface area contributed by atoms with Gasteiger partial charge in [0.15, 0.2) is 0 Å². The Bertz CT molecular complexity index is 530. The van der Waals surface area contributed by atoms with Gasteiger partial charge < -0.3 is 15.2 Å². The van der Waals surface area contributed by atoms with Crippen molar-refractivity contribution in [2.75, 3.05) is 11.9 Å². The predicted octanol–water partition coefficient (Wildman–Crippen LogP) is 2.25. The largest absolute Gasteiger partial charge is 0.478 e. The number of nitrogens with one attached hydrogen (secondary N) is 1. The first-order valence-electron chi connectivity index (χ1n) is 7.29. The van der Waals surface area contributed by atoms with Crippen LogP contribution in [0.3, 0.4) is 0 Å². The summed E-state index contributed by atoms with van der Waals surface area (Å²) < 4.78 is 5.51. The first-order chi connectivity index (χ1) is 9.65. The highest BCUT2D eigenvalue weighted by molar-refractivity contribution is 5.93. The van der Waals surface area contributed by atoms with E-state index < -0.39 is 5.97 Å². The maximum absolute atomic E-state index is 11.5. The van der Waals surface area contributed by atoms with Gasteiger partial charge in [-0.2, -0.15) is 0 Å². The quantitative estimate of drug-likeness (QED) is 0.886. The Morgan fingerprint density at radius 1 is 1.45 bits per heavy atom. The van der Waals surface area contributed by atoms with Crippen LogP contribution >= 0.6 is 0 Å². The van der Waals surface area contributed by atoms with Gasteiger partial charge in [0.2, 0.25) is 0 Å². The summed E-state index contributed by atoms with van der Waals surface area (Å²) in [4.78, 5) is 16.0. The molecule has 1 aliphatic heterocycles. The second kappa shape index (κ2) is 5.40. The molecule has 0 radical (unpaired) electrons. The number of ether oxygens (including phenoxy) is 1. The van der Waals surface area contributed by atoms with E-state index in [1.165, 1.54) is 0 Å². The third-order valence-corrected chi connectivity index (χ3v) is 4.23. The fourth-order valence-electron chi connectivity index (χ4n) is 3.00. The van der Waals surface area contributed by atoms with Crippen LogP contribution in [-0.2, 0) is 17.6 Å². The molecule has 1 saturated heterocycles. The van der Waals surface area contributed by atoms with Crippen molar-refractivity contribution in [3.63, 3.8) is 0 Å². The summed E-state index contributed by atoms with van der Waals surface area (Å²) in [5.74, 6) is -0.416. The molecule has 0 aromatic carbocycles. The zero-order chi connectivity index (χ0) is 14.1.